The Morgan fingerprint density at radius 3 is 2.44 bits per heavy atom. The molecule has 102 valence electrons. The minimum atomic E-state index is 0.481. The van der Waals surface area contributed by atoms with E-state index < -0.39 is 0 Å². The summed E-state index contributed by atoms with van der Waals surface area (Å²) in [7, 11) is 4.02. The van der Waals surface area contributed by atoms with E-state index in [0.29, 0.717) is 12.0 Å². The van der Waals surface area contributed by atoms with Crippen molar-refractivity contribution in [3.05, 3.63) is 11.9 Å². The molecule has 0 aromatic carbocycles. The van der Waals surface area contributed by atoms with E-state index in [4.69, 9.17) is 0 Å². The highest BCUT2D eigenvalue weighted by Gasteiger charge is 2.17. The van der Waals surface area contributed by atoms with Gasteiger partial charge in [-0.25, -0.2) is 9.97 Å². The van der Waals surface area contributed by atoms with E-state index in [2.05, 4.69) is 54.9 Å². The summed E-state index contributed by atoms with van der Waals surface area (Å²) in [5.74, 6) is 2.68. The maximum absolute atomic E-state index is 4.46. The lowest BCUT2D eigenvalue weighted by Gasteiger charge is -2.29. The summed E-state index contributed by atoms with van der Waals surface area (Å²) in [6, 6.07) is 0.481. The zero-order valence-electron chi connectivity index (χ0n) is 12.5. The van der Waals surface area contributed by atoms with Gasteiger partial charge in [-0.15, -0.1) is 0 Å². The first-order valence-corrected chi connectivity index (χ1v) is 6.75. The SMILES string of the molecule is CCc1c(NC)ncnc1N(C)C(C)CC(C)C. The number of hydrogen-bond donors (Lipinski definition) is 1. The molecule has 0 spiro atoms. The smallest absolute Gasteiger partial charge is 0.137 e. The zero-order chi connectivity index (χ0) is 13.7. The van der Waals surface area contributed by atoms with E-state index in [1.165, 1.54) is 12.0 Å². The molecule has 1 atom stereocenters. The summed E-state index contributed by atoms with van der Waals surface area (Å²) in [6.45, 7) is 8.90. The van der Waals surface area contributed by atoms with Gasteiger partial charge in [0.05, 0.1) is 0 Å². The van der Waals surface area contributed by atoms with Gasteiger partial charge in [0.15, 0.2) is 0 Å². The number of nitrogens with zero attached hydrogens (tertiary/aromatic N) is 3. The monoisotopic (exact) mass is 250 g/mol. The van der Waals surface area contributed by atoms with Crippen LogP contribution in [0.1, 0.15) is 39.7 Å². The highest BCUT2D eigenvalue weighted by Crippen LogP contribution is 2.25. The second-order valence-corrected chi connectivity index (χ2v) is 5.22. The number of aromatic nitrogens is 2. The molecule has 4 nitrogen and oxygen atoms in total. The summed E-state index contributed by atoms with van der Waals surface area (Å²) < 4.78 is 0. The molecule has 0 aliphatic carbocycles. The van der Waals surface area contributed by atoms with Crippen molar-refractivity contribution in [1.82, 2.24) is 9.97 Å². The first-order chi connectivity index (χ1) is 8.51. The van der Waals surface area contributed by atoms with Crippen molar-refractivity contribution >= 4 is 11.6 Å². The molecular weight excluding hydrogens is 224 g/mol. The summed E-state index contributed by atoms with van der Waals surface area (Å²) in [5.41, 5.74) is 1.19. The average molecular weight is 250 g/mol. The molecule has 0 bridgehead atoms. The van der Waals surface area contributed by atoms with Crippen LogP contribution in [0.5, 0.6) is 0 Å². The average Bonchev–Trinajstić information content (AvgIpc) is 2.35. The standard InChI is InChI=1S/C14H26N4/c1-7-12-13(15-5)16-9-17-14(12)18(6)11(4)8-10(2)3/h9-11H,7-8H2,1-6H3,(H,15,16,17). The molecule has 1 aromatic rings. The van der Waals surface area contributed by atoms with Gasteiger partial charge in [0.25, 0.3) is 0 Å². The second kappa shape index (κ2) is 6.57. The Balaban J connectivity index is 3.01. The molecule has 1 N–H and O–H groups in total. The van der Waals surface area contributed by atoms with Gasteiger partial charge in [-0.3, -0.25) is 0 Å². The predicted molar refractivity (Wildman–Crippen MR) is 78.3 cm³/mol. The maximum Gasteiger partial charge on any atom is 0.137 e. The summed E-state index contributed by atoms with van der Waals surface area (Å²) in [6.07, 6.45) is 3.74. The van der Waals surface area contributed by atoms with Crippen molar-refractivity contribution in [3.63, 3.8) is 0 Å². The van der Waals surface area contributed by atoms with Crippen molar-refractivity contribution in [2.24, 2.45) is 5.92 Å². The van der Waals surface area contributed by atoms with E-state index in [1.54, 1.807) is 6.33 Å². The van der Waals surface area contributed by atoms with Crippen LogP contribution in [-0.2, 0) is 6.42 Å². The Morgan fingerprint density at radius 2 is 1.94 bits per heavy atom. The molecule has 0 fully saturated rings. The van der Waals surface area contributed by atoms with Gasteiger partial charge >= 0.3 is 0 Å². The maximum atomic E-state index is 4.46. The molecule has 0 amide bonds. The molecule has 0 saturated heterocycles. The van der Waals surface area contributed by atoms with E-state index in [9.17, 15) is 0 Å². The Hall–Kier alpha value is -1.32. The Morgan fingerprint density at radius 1 is 1.28 bits per heavy atom. The topological polar surface area (TPSA) is 41.1 Å². The van der Waals surface area contributed by atoms with Crippen LogP contribution in [0.25, 0.3) is 0 Å². The molecule has 0 aliphatic rings. The third kappa shape index (κ3) is 3.34. The van der Waals surface area contributed by atoms with Crippen LogP contribution in [0.3, 0.4) is 0 Å². The highest BCUT2D eigenvalue weighted by molar-refractivity contribution is 5.58. The summed E-state index contributed by atoms with van der Waals surface area (Å²) >= 11 is 0. The van der Waals surface area contributed by atoms with Gasteiger partial charge in [-0.05, 0) is 25.7 Å². The molecule has 1 aromatic heterocycles. The van der Waals surface area contributed by atoms with Gasteiger partial charge < -0.3 is 10.2 Å². The number of anilines is 2. The van der Waals surface area contributed by atoms with Gasteiger partial charge in [-0.1, -0.05) is 20.8 Å². The van der Waals surface area contributed by atoms with Crippen molar-refractivity contribution in [2.45, 2.75) is 46.6 Å². The summed E-state index contributed by atoms with van der Waals surface area (Å²) in [5, 5.41) is 3.14. The van der Waals surface area contributed by atoms with E-state index >= 15 is 0 Å². The zero-order valence-corrected chi connectivity index (χ0v) is 12.5. The molecule has 1 unspecified atom stereocenters. The predicted octanol–water partition coefficient (Wildman–Crippen LogP) is 2.95. The molecule has 4 heteroatoms. The largest absolute Gasteiger partial charge is 0.373 e. The Labute approximate surface area is 111 Å². The fourth-order valence-corrected chi connectivity index (χ4v) is 2.30. The van der Waals surface area contributed by atoms with Crippen LogP contribution in [0, 0.1) is 5.92 Å². The number of hydrogen-bond acceptors (Lipinski definition) is 4. The molecule has 18 heavy (non-hydrogen) atoms. The molecular formula is C14H26N4. The van der Waals surface area contributed by atoms with Gasteiger partial charge in [0.1, 0.15) is 18.0 Å². The number of nitrogens with one attached hydrogen (secondary N) is 1. The fourth-order valence-electron chi connectivity index (χ4n) is 2.30. The lowest BCUT2D eigenvalue weighted by molar-refractivity contribution is 0.501. The fraction of sp³-hybridized carbons (Fsp3) is 0.714. The Bertz CT molecular complexity index is 376. The second-order valence-electron chi connectivity index (χ2n) is 5.22. The molecule has 1 heterocycles. The molecule has 0 aliphatic heterocycles. The Kier molecular flexibility index (Phi) is 5.38. The third-order valence-electron chi connectivity index (χ3n) is 3.32. The van der Waals surface area contributed by atoms with Gasteiger partial charge in [0.2, 0.25) is 0 Å². The quantitative estimate of drug-likeness (QED) is 0.843. The van der Waals surface area contributed by atoms with Crippen LogP contribution >= 0.6 is 0 Å². The first kappa shape index (κ1) is 14.7. The van der Waals surface area contributed by atoms with E-state index in [0.717, 1.165) is 18.1 Å². The van der Waals surface area contributed by atoms with Crippen molar-refractivity contribution in [2.75, 3.05) is 24.3 Å². The van der Waals surface area contributed by atoms with E-state index in [-0.39, 0.29) is 0 Å². The molecule has 0 saturated carbocycles. The van der Waals surface area contributed by atoms with Gasteiger partial charge in [0, 0.05) is 25.7 Å². The lowest BCUT2D eigenvalue weighted by Crippen LogP contribution is -2.32. The van der Waals surface area contributed by atoms with Crippen LogP contribution in [-0.4, -0.2) is 30.1 Å². The van der Waals surface area contributed by atoms with Gasteiger partial charge in [-0.2, -0.15) is 0 Å². The van der Waals surface area contributed by atoms with Crippen LogP contribution < -0.4 is 10.2 Å². The van der Waals surface area contributed by atoms with E-state index in [1.807, 2.05) is 7.05 Å². The minimum absolute atomic E-state index is 0.481. The normalized spacial score (nSPS) is 12.6. The van der Waals surface area contributed by atoms with Crippen LogP contribution in [0.15, 0.2) is 6.33 Å². The van der Waals surface area contributed by atoms with Crippen LogP contribution in [0.4, 0.5) is 11.6 Å². The van der Waals surface area contributed by atoms with Crippen LogP contribution in [0.2, 0.25) is 0 Å². The summed E-state index contributed by atoms with van der Waals surface area (Å²) in [4.78, 5) is 11.0. The lowest BCUT2D eigenvalue weighted by atomic mass is 10.0. The first-order valence-electron chi connectivity index (χ1n) is 6.75. The molecule has 1 rings (SSSR count). The molecule has 0 radical (unpaired) electrons. The van der Waals surface area contributed by atoms with Crippen molar-refractivity contribution < 1.29 is 0 Å². The minimum Gasteiger partial charge on any atom is -0.373 e. The third-order valence-corrected chi connectivity index (χ3v) is 3.32. The number of rotatable bonds is 6. The van der Waals surface area contributed by atoms with Crippen molar-refractivity contribution in [3.8, 4) is 0 Å². The van der Waals surface area contributed by atoms with Crippen molar-refractivity contribution in [1.29, 1.82) is 0 Å². The highest BCUT2D eigenvalue weighted by atomic mass is 15.2.